The Bertz CT molecular complexity index is 306. The van der Waals surface area contributed by atoms with Crippen molar-refractivity contribution in [2.45, 2.75) is 69.9 Å². The Morgan fingerprint density at radius 2 is 1.72 bits per heavy atom. The second kappa shape index (κ2) is 5.20. The maximum Gasteiger partial charge on any atom is 0.227 e. The van der Waals surface area contributed by atoms with Gasteiger partial charge in [-0.1, -0.05) is 19.3 Å². The molecule has 0 aromatic rings. The second-order valence-corrected chi connectivity index (χ2v) is 6.57. The molecule has 0 saturated heterocycles. The molecule has 3 rings (SSSR count). The molecular formula is C15H26N2O. The van der Waals surface area contributed by atoms with Crippen LogP contribution in [-0.4, -0.2) is 29.4 Å². The number of carbonyl (C=O) groups excluding carboxylic acids is 1. The molecule has 0 radical (unpaired) electrons. The number of nitrogens with zero attached hydrogens (tertiary/aromatic N) is 1. The maximum atomic E-state index is 12.8. The van der Waals surface area contributed by atoms with Gasteiger partial charge in [-0.15, -0.1) is 0 Å². The highest BCUT2D eigenvalue weighted by atomic mass is 16.2. The third-order valence-electron chi connectivity index (χ3n) is 4.81. The van der Waals surface area contributed by atoms with Crippen LogP contribution < -0.4 is 5.73 Å². The SMILES string of the molecule is NC1CCCCCC1C(=O)N(CC1CC1)C1CC1. The van der Waals surface area contributed by atoms with Gasteiger partial charge in [-0.05, 0) is 44.4 Å². The minimum absolute atomic E-state index is 0.112. The highest BCUT2D eigenvalue weighted by Gasteiger charge is 2.40. The Morgan fingerprint density at radius 3 is 2.39 bits per heavy atom. The summed E-state index contributed by atoms with van der Waals surface area (Å²) in [7, 11) is 0. The van der Waals surface area contributed by atoms with Crippen molar-refractivity contribution in [3.05, 3.63) is 0 Å². The van der Waals surface area contributed by atoms with Crippen LogP contribution in [0.4, 0.5) is 0 Å². The van der Waals surface area contributed by atoms with E-state index < -0.39 is 0 Å². The summed E-state index contributed by atoms with van der Waals surface area (Å²) in [4.78, 5) is 15.0. The van der Waals surface area contributed by atoms with E-state index in [1.165, 1.54) is 44.9 Å². The van der Waals surface area contributed by atoms with Crippen LogP contribution in [-0.2, 0) is 4.79 Å². The zero-order chi connectivity index (χ0) is 12.5. The standard InChI is InChI=1S/C15H26N2O/c16-14-5-3-1-2-4-13(14)15(18)17(12-8-9-12)10-11-6-7-11/h11-14H,1-10,16H2. The Balaban J connectivity index is 1.65. The van der Waals surface area contributed by atoms with Crippen LogP contribution in [0.5, 0.6) is 0 Å². The summed E-state index contributed by atoms with van der Waals surface area (Å²) in [5, 5.41) is 0. The van der Waals surface area contributed by atoms with E-state index in [1.54, 1.807) is 0 Å². The first-order valence-corrected chi connectivity index (χ1v) is 7.82. The molecule has 3 fully saturated rings. The zero-order valence-electron chi connectivity index (χ0n) is 11.3. The first-order valence-electron chi connectivity index (χ1n) is 7.82. The Hall–Kier alpha value is -0.570. The van der Waals surface area contributed by atoms with Crippen molar-refractivity contribution in [1.29, 1.82) is 0 Å². The van der Waals surface area contributed by atoms with Gasteiger partial charge in [0.2, 0.25) is 5.91 Å². The van der Waals surface area contributed by atoms with Gasteiger partial charge in [0.15, 0.2) is 0 Å². The van der Waals surface area contributed by atoms with Crippen LogP contribution in [0.25, 0.3) is 0 Å². The molecule has 3 heteroatoms. The van der Waals surface area contributed by atoms with Crippen molar-refractivity contribution in [3.63, 3.8) is 0 Å². The first kappa shape index (κ1) is 12.5. The highest BCUT2D eigenvalue weighted by Crippen LogP contribution is 2.36. The number of rotatable bonds is 4. The molecule has 3 nitrogen and oxygen atoms in total. The van der Waals surface area contributed by atoms with Crippen LogP contribution in [0.15, 0.2) is 0 Å². The fourth-order valence-electron chi connectivity index (χ4n) is 3.24. The molecule has 0 aromatic heterocycles. The minimum Gasteiger partial charge on any atom is -0.339 e. The average molecular weight is 250 g/mol. The van der Waals surface area contributed by atoms with E-state index in [0.717, 1.165) is 25.3 Å². The molecule has 3 aliphatic rings. The van der Waals surface area contributed by atoms with Crippen molar-refractivity contribution in [2.75, 3.05) is 6.54 Å². The fraction of sp³-hybridized carbons (Fsp3) is 0.933. The lowest BCUT2D eigenvalue weighted by atomic mass is 9.93. The van der Waals surface area contributed by atoms with Crippen LogP contribution in [0.2, 0.25) is 0 Å². The summed E-state index contributed by atoms with van der Waals surface area (Å²) in [6, 6.07) is 0.675. The maximum absolute atomic E-state index is 12.8. The molecule has 1 amide bonds. The molecule has 0 bridgehead atoms. The summed E-state index contributed by atoms with van der Waals surface area (Å²) in [6.45, 7) is 1.02. The largest absolute Gasteiger partial charge is 0.339 e. The summed E-state index contributed by atoms with van der Waals surface area (Å²) in [5.74, 6) is 1.31. The van der Waals surface area contributed by atoms with Gasteiger partial charge in [0, 0.05) is 18.6 Å². The van der Waals surface area contributed by atoms with E-state index in [1.807, 2.05) is 0 Å². The molecular weight excluding hydrogens is 224 g/mol. The quantitative estimate of drug-likeness (QED) is 0.778. The molecule has 2 unspecified atom stereocenters. The molecule has 0 aliphatic heterocycles. The van der Waals surface area contributed by atoms with Crippen LogP contribution in [0.3, 0.4) is 0 Å². The predicted molar refractivity (Wildman–Crippen MR) is 72.0 cm³/mol. The fourth-order valence-corrected chi connectivity index (χ4v) is 3.24. The number of hydrogen-bond donors (Lipinski definition) is 1. The summed E-state index contributed by atoms with van der Waals surface area (Å²) in [6.07, 6.45) is 10.8. The highest BCUT2D eigenvalue weighted by molar-refractivity contribution is 5.80. The molecule has 0 aromatic carbocycles. The van der Waals surface area contributed by atoms with E-state index in [-0.39, 0.29) is 12.0 Å². The molecule has 0 spiro atoms. The van der Waals surface area contributed by atoms with Gasteiger partial charge in [0.1, 0.15) is 0 Å². The third kappa shape index (κ3) is 2.87. The molecule has 2 atom stereocenters. The van der Waals surface area contributed by atoms with Crippen molar-refractivity contribution in [1.82, 2.24) is 4.90 Å². The topological polar surface area (TPSA) is 46.3 Å². The number of hydrogen-bond acceptors (Lipinski definition) is 2. The lowest BCUT2D eigenvalue weighted by Crippen LogP contribution is -2.45. The van der Waals surface area contributed by atoms with Crippen LogP contribution in [0.1, 0.15) is 57.8 Å². The van der Waals surface area contributed by atoms with Gasteiger partial charge in [-0.25, -0.2) is 0 Å². The normalized spacial score (nSPS) is 32.9. The van der Waals surface area contributed by atoms with Gasteiger partial charge < -0.3 is 10.6 Å². The Labute approximate surface area is 110 Å². The molecule has 2 N–H and O–H groups in total. The third-order valence-corrected chi connectivity index (χ3v) is 4.81. The first-order chi connectivity index (χ1) is 8.75. The lowest BCUT2D eigenvalue weighted by Gasteiger charge is -2.29. The van der Waals surface area contributed by atoms with Crippen molar-refractivity contribution in [2.24, 2.45) is 17.6 Å². The molecule has 18 heavy (non-hydrogen) atoms. The molecule has 3 saturated carbocycles. The monoisotopic (exact) mass is 250 g/mol. The Morgan fingerprint density at radius 1 is 1.00 bits per heavy atom. The number of carbonyl (C=O) groups is 1. The van der Waals surface area contributed by atoms with Crippen molar-refractivity contribution < 1.29 is 4.79 Å². The van der Waals surface area contributed by atoms with Gasteiger partial charge in [-0.3, -0.25) is 4.79 Å². The second-order valence-electron chi connectivity index (χ2n) is 6.57. The van der Waals surface area contributed by atoms with Gasteiger partial charge in [0.25, 0.3) is 0 Å². The van der Waals surface area contributed by atoms with Gasteiger partial charge >= 0.3 is 0 Å². The zero-order valence-corrected chi connectivity index (χ0v) is 11.3. The van der Waals surface area contributed by atoms with Gasteiger partial charge in [0.05, 0.1) is 5.92 Å². The van der Waals surface area contributed by atoms with Crippen LogP contribution in [0, 0.1) is 11.8 Å². The smallest absolute Gasteiger partial charge is 0.227 e. The summed E-state index contributed by atoms with van der Waals surface area (Å²) >= 11 is 0. The minimum atomic E-state index is 0.112. The number of amides is 1. The van der Waals surface area contributed by atoms with E-state index >= 15 is 0 Å². The van der Waals surface area contributed by atoms with Crippen LogP contribution >= 0.6 is 0 Å². The number of nitrogens with two attached hydrogens (primary N) is 1. The molecule has 3 aliphatic carbocycles. The van der Waals surface area contributed by atoms with E-state index in [9.17, 15) is 4.79 Å². The van der Waals surface area contributed by atoms with E-state index in [0.29, 0.717) is 11.9 Å². The summed E-state index contributed by atoms with van der Waals surface area (Å²) < 4.78 is 0. The van der Waals surface area contributed by atoms with E-state index in [2.05, 4.69) is 4.90 Å². The molecule has 102 valence electrons. The Kier molecular flexibility index (Phi) is 3.60. The lowest BCUT2D eigenvalue weighted by molar-refractivity contribution is -0.137. The van der Waals surface area contributed by atoms with E-state index in [4.69, 9.17) is 5.73 Å². The predicted octanol–water partition coefficient (Wildman–Crippen LogP) is 2.29. The average Bonchev–Trinajstić information content (AvgIpc) is 3.18. The van der Waals surface area contributed by atoms with Crippen molar-refractivity contribution >= 4 is 5.91 Å². The van der Waals surface area contributed by atoms with Crippen molar-refractivity contribution in [3.8, 4) is 0 Å². The van der Waals surface area contributed by atoms with Gasteiger partial charge in [-0.2, -0.15) is 0 Å². The summed E-state index contributed by atoms with van der Waals surface area (Å²) in [5.41, 5.74) is 6.24. The molecule has 0 heterocycles.